The molecule has 0 fully saturated rings. The fraction of sp³-hybridized carbons (Fsp3) is 0.333. The van der Waals surface area contributed by atoms with Crippen molar-refractivity contribution in [3.8, 4) is 0 Å². The molecule has 1 aliphatic carbocycles. The summed E-state index contributed by atoms with van der Waals surface area (Å²) in [5, 5.41) is 6.75. The van der Waals surface area contributed by atoms with E-state index >= 15 is 0 Å². The van der Waals surface area contributed by atoms with Crippen LogP contribution in [-0.4, -0.2) is 12.0 Å². The normalized spacial score (nSPS) is 22.6. The first-order valence-corrected chi connectivity index (χ1v) is 3.67. The maximum Gasteiger partial charge on any atom is 0.202 e. The van der Waals surface area contributed by atoms with Crippen molar-refractivity contribution in [2.75, 3.05) is 0 Å². The zero-order chi connectivity index (χ0) is 8.27. The molecule has 0 saturated heterocycles. The molecule has 0 bridgehead atoms. The number of hydrogen-bond donors (Lipinski definition) is 1. The van der Waals surface area contributed by atoms with Crippen molar-refractivity contribution in [1.82, 2.24) is 0 Å². The number of carbonyl (C=O) groups is 1. The molecule has 0 radical (unpaired) electrons. The van der Waals surface area contributed by atoms with Crippen LogP contribution in [0, 0.1) is 11.3 Å². The van der Waals surface area contributed by atoms with Gasteiger partial charge in [0.15, 0.2) is 0 Å². The van der Waals surface area contributed by atoms with Crippen LogP contribution in [0.4, 0.5) is 0 Å². The van der Waals surface area contributed by atoms with Gasteiger partial charge in [-0.25, -0.2) is 0 Å². The van der Waals surface area contributed by atoms with E-state index < -0.39 is 0 Å². The second kappa shape index (κ2) is 3.28. The summed E-state index contributed by atoms with van der Waals surface area (Å²) in [7, 11) is 0. The highest BCUT2D eigenvalue weighted by Gasteiger charge is 2.07. The zero-order valence-electron chi connectivity index (χ0n) is 6.50. The number of carbonyl (C=O) groups excluding carboxylic acids is 1. The number of Topliss-reactive ketones (excluding diaryl/α,β-unsaturated/α-hetero) is 1. The lowest BCUT2D eigenvalue weighted by molar-refractivity contribution is -0.109. The van der Waals surface area contributed by atoms with Crippen LogP contribution in [0.1, 0.15) is 13.3 Å². The summed E-state index contributed by atoms with van der Waals surface area (Å²) in [6, 6.07) is 0. The molecule has 0 aliphatic heterocycles. The van der Waals surface area contributed by atoms with Crippen LogP contribution in [-0.2, 0) is 4.79 Å². The Balaban J connectivity index is 2.70. The molecule has 58 valence electrons. The summed E-state index contributed by atoms with van der Waals surface area (Å²) in [6.45, 7) is 2.10. The first kappa shape index (κ1) is 7.92. The van der Waals surface area contributed by atoms with Gasteiger partial charge in [0.05, 0.1) is 6.21 Å². The lowest BCUT2D eigenvalue weighted by atomic mass is 9.97. The van der Waals surface area contributed by atoms with Crippen LogP contribution in [0.5, 0.6) is 0 Å². The molecule has 2 heteroatoms. The van der Waals surface area contributed by atoms with Gasteiger partial charge in [-0.05, 0) is 12.3 Å². The van der Waals surface area contributed by atoms with Crippen molar-refractivity contribution >= 4 is 12.0 Å². The minimum Gasteiger partial charge on any atom is -0.305 e. The van der Waals surface area contributed by atoms with Crippen molar-refractivity contribution in [2.24, 2.45) is 5.92 Å². The second-order valence-corrected chi connectivity index (χ2v) is 2.74. The number of hydrogen-bond acceptors (Lipinski definition) is 2. The van der Waals surface area contributed by atoms with E-state index in [2.05, 4.69) is 6.92 Å². The summed E-state index contributed by atoms with van der Waals surface area (Å²) < 4.78 is 0. The van der Waals surface area contributed by atoms with Gasteiger partial charge in [0.2, 0.25) is 5.78 Å². The van der Waals surface area contributed by atoms with E-state index in [1.807, 2.05) is 12.2 Å². The summed E-state index contributed by atoms with van der Waals surface area (Å²) in [5.41, 5.74) is 0.651. The van der Waals surface area contributed by atoms with Gasteiger partial charge in [0, 0.05) is 5.57 Å². The van der Waals surface area contributed by atoms with Gasteiger partial charge in [-0.3, -0.25) is 4.79 Å². The molecule has 1 rings (SSSR count). The molecular weight excluding hydrogens is 138 g/mol. The minimum atomic E-state index is -0.201. The zero-order valence-corrected chi connectivity index (χ0v) is 6.50. The maximum absolute atomic E-state index is 10.9. The average molecular weight is 149 g/mol. The third kappa shape index (κ3) is 1.87. The topological polar surface area (TPSA) is 40.9 Å². The summed E-state index contributed by atoms with van der Waals surface area (Å²) in [5.74, 6) is 0.324. The molecule has 0 amide bonds. The number of nitrogens with one attached hydrogen (secondary N) is 1. The number of ketones is 1. The average Bonchev–Trinajstić information content (AvgIpc) is 2.05. The quantitative estimate of drug-likeness (QED) is 0.597. The molecule has 0 spiro atoms. The molecule has 1 N–H and O–H groups in total. The highest BCUT2D eigenvalue weighted by molar-refractivity contribution is 6.35. The fourth-order valence-corrected chi connectivity index (χ4v) is 0.993. The molecule has 0 aromatic heterocycles. The maximum atomic E-state index is 10.9. The summed E-state index contributed by atoms with van der Waals surface area (Å²) in [4.78, 5) is 10.9. The Morgan fingerprint density at radius 1 is 1.82 bits per heavy atom. The minimum absolute atomic E-state index is 0.201. The molecule has 0 heterocycles. The van der Waals surface area contributed by atoms with Crippen LogP contribution in [0.15, 0.2) is 23.8 Å². The smallest absolute Gasteiger partial charge is 0.202 e. The van der Waals surface area contributed by atoms with E-state index in [9.17, 15) is 4.79 Å². The van der Waals surface area contributed by atoms with Crippen LogP contribution < -0.4 is 0 Å². The largest absolute Gasteiger partial charge is 0.305 e. The van der Waals surface area contributed by atoms with Gasteiger partial charge in [-0.15, -0.1) is 0 Å². The standard InChI is InChI=1S/C9H11NO/c1-7-2-4-8(5-3-7)9(11)6-10/h2,4-7,10H,3H2,1H3. The van der Waals surface area contributed by atoms with Gasteiger partial charge in [0.25, 0.3) is 0 Å². The van der Waals surface area contributed by atoms with Crippen molar-refractivity contribution in [1.29, 1.82) is 5.41 Å². The second-order valence-electron chi connectivity index (χ2n) is 2.74. The SMILES string of the molecule is CC1C=CC(C(=O)C=N)=CC1. The van der Waals surface area contributed by atoms with Crippen LogP contribution in [0.2, 0.25) is 0 Å². The van der Waals surface area contributed by atoms with E-state index in [0.29, 0.717) is 11.5 Å². The van der Waals surface area contributed by atoms with Gasteiger partial charge in [-0.1, -0.05) is 25.2 Å². The Kier molecular flexibility index (Phi) is 2.36. The third-order valence-corrected chi connectivity index (χ3v) is 1.73. The van der Waals surface area contributed by atoms with Crippen molar-refractivity contribution in [3.05, 3.63) is 23.8 Å². The monoisotopic (exact) mass is 149 g/mol. The number of allylic oxidation sites excluding steroid dienone is 4. The highest BCUT2D eigenvalue weighted by Crippen LogP contribution is 2.15. The van der Waals surface area contributed by atoms with Gasteiger partial charge < -0.3 is 5.41 Å². The van der Waals surface area contributed by atoms with Gasteiger partial charge >= 0.3 is 0 Å². The van der Waals surface area contributed by atoms with Crippen LogP contribution >= 0.6 is 0 Å². The first-order chi connectivity index (χ1) is 5.24. The predicted octanol–water partition coefficient (Wildman–Crippen LogP) is 1.73. The predicted molar refractivity (Wildman–Crippen MR) is 44.8 cm³/mol. The van der Waals surface area contributed by atoms with Crippen molar-refractivity contribution < 1.29 is 4.79 Å². The van der Waals surface area contributed by atoms with Crippen LogP contribution in [0.25, 0.3) is 0 Å². The van der Waals surface area contributed by atoms with E-state index in [-0.39, 0.29) is 5.78 Å². The molecule has 2 nitrogen and oxygen atoms in total. The van der Waals surface area contributed by atoms with E-state index in [0.717, 1.165) is 12.6 Å². The summed E-state index contributed by atoms with van der Waals surface area (Å²) in [6.07, 6.45) is 7.44. The number of rotatable bonds is 2. The first-order valence-electron chi connectivity index (χ1n) is 3.67. The fourth-order valence-electron chi connectivity index (χ4n) is 0.993. The molecule has 1 aliphatic rings. The lowest BCUT2D eigenvalue weighted by Gasteiger charge is -2.08. The Hall–Kier alpha value is -1.18. The molecule has 0 saturated carbocycles. The molecule has 1 atom stereocenters. The molecule has 11 heavy (non-hydrogen) atoms. The Morgan fingerprint density at radius 2 is 2.55 bits per heavy atom. The van der Waals surface area contributed by atoms with Gasteiger partial charge in [0.1, 0.15) is 0 Å². The van der Waals surface area contributed by atoms with Gasteiger partial charge in [-0.2, -0.15) is 0 Å². The van der Waals surface area contributed by atoms with E-state index in [1.54, 1.807) is 6.08 Å². The molecule has 0 aromatic rings. The van der Waals surface area contributed by atoms with E-state index in [1.165, 1.54) is 0 Å². The van der Waals surface area contributed by atoms with Crippen molar-refractivity contribution in [3.63, 3.8) is 0 Å². The summed E-state index contributed by atoms with van der Waals surface area (Å²) >= 11 is 0. The lowest BCUT2D eigenvalue weighted by Crippen LogP contribution is -2.05. The Morgan fingerprint density at radius 3 is 3.00 bits per heavy atom. The molecule has 0 aromatic carbocycles. The molecular formula is C9H11NO. The van der Waals surface area contributed by atoms with Crippen LogP contribution in [0.3, 0.4) is 0 Å². The molecule has 1 unspecified atom stereocenters. The van der Waals surface area contributed by atoms with E-state index in [4.69, 9.17) is 5.41 Å². The highest BCUT2D eigenvalue weighted by atomic mass is 16.1. The Bertz CT molecular complexity index is 238. The van der Waals surface area contributed by atoms with Crippen molar-refractivity contribution in [2.45, 2.75) is 13.3 Å². The Labute approximate surface area is 66.1 Å². The third-order valence-electron chi connectivity index (χ3n) is 1.73.